The van der Waals surface area contributed by atoms with Gasteiger partial charge in [0.1, 0.15) is 0 Å². The van der Waals surface area contributed by atoms with Crippen molar-refractivity contribution in [1.82, 2.24) is 5.32 Å². The lowest BCUT2D eigenvalue weighted by atomic mass is 9.80. The van der Waals surface area contributed by atoms with Gasteiger partial charge in [0.05, 0.1) is 5.60 Å². The molecule has 0 aromatic rings. The van der Waals surface area contributed by atoms with Crippen molar-refractivity contribution in [3.05, 3.63) is 0 Å². The molecule has 96 valence electrons. The highest BCUT2D eigenvalue weighted by Gasteiger charge is 2.36. The highest BCUT2D eigenvalue weighted by molar-refractivity contribution is 4.91. The maximum absolute atomic E-state index is 5.60. The van der Waals surface area contributed by atoms with Crippen LogP contribution in [0.25, 0.3) is 0 Å². The first kappa shape index (κ1) is 14.0. The fourth-order valence-electron chi connectivity index (χ4n) is 2.36. The largest absolute Gasteiger partial charge is 0.377 e. The van der Waals surface area contributed by atoms with Crippen LogP contribution in [0.4, 0.5) is 0 Å². The van der Waals surface area contributed by atoms with Crippen molar-refractivity contribution < 1.29 is 4.74 Å². The number of hydrogen-bond acceptors (Lipinski definition) is 2. The molecule has 0 aliphatic heterocycles. The number of unbranched alkanes of at least 4 members (excludes halogenated alkanes) is 3. The predicted molar refractivity (Wildman–Crippen MR) is 69.8 cm³/mol. The molecule has 0 aromatic carbocycles. The standard InChI is InChI=1S/C14H29NO/c1-4-5-6-7-9-13(2)15-12-14(16-3)10-8-11-14/h13,15H,4-12H2,1-3H3. The summed E-state index contributed by atoms with van der Waals surface area (Å²) >= 11 is 0. The van der Waals surface area contributed by atoms with E-state index in [-0.39, 0.29) is 5.60 Å². The zero-order valence-electron chi connectivity index (χ0n) is 11.3. The molecule has 0 heterocycles. The SMILES string of the molecule is CCCCCCC(C)NCC1(OC)CCC1. The van der Waals surface area contributed by atoms with Gasteiger partial charge in [-0.15, -0.1) is 0 Å². The maximum atomic E-state index is 5.60. The van der Waals surface area contributed by atoms with Crippen molar-refractivity contribution >= 4 is 0 Å². The minimum absolute atomic E-state index is 0.178. The lowest BCUT2D eigenvalue weighted by Gasteiger charge is -2.41. The Morgan fingerprint density at radius 1 is 1.25 bits per heavy atom. The topological polar surface area (TPSA) is 21.3 Å². The summed E-state index contributed by atoms with van der Waals surface area (Å²) in [7, 11) is 1.85. The van der Waals surface area contributed by atoms with Gasteiger partial charge in [-0.3, -0.25) is 0 Å². The van der Waals surface area contributed by atoms with E-state index in [9.17, 15) is 0 Å². The van der Waals surface area contributed by atoms with Gasteiger partial charge in [-0.2, -0.15) is 0 Å². The van der Waals surface area contributed by atoms with Crippen LogP contribution >= 0.6 is 0 Å². The van der Waals surface area contributed by atoms with Gasteiger partial charge in [-0.25, -0.2) is 0 Å². The van der Waals surface area contributed by atoms with E-state index in [1.165, 1.54) is 51.4 Å². The van der Waals surface area contributed by atoms with Gasteiger partial charge in [0.25, 0.3) is 0 Å². The maximum Gasteiger partial charge on any atom is 0.0802 e. The third kappa shape index (κ3) is 4.42. The fourth-order valence-corrected chi connectivity index (χ4v) is 2.36. The molecular formula is C14H29NO. The van der Waals surface area contributed by atoms with Gasteiger partial charge >= 0.3 is 0 Å². The molecular weight excluding hydrogens is 198 g/mol. The molecule has 0 aromatic heterocycles. The summed E-state index contributed by atoms with van der Waals surface area (Å²) in [5, 5.41) is 3.63. The van der Waals surface area contributed by atoms with Crippen LogP contribution in [0.1, 0.15) is 65.2 Å². The molecule has 1 atom stereocenters. The Kier molecular flexibility index (Phi) is 6.37. The van der Waals surface area contributed by atoms with Crippen molar-refractivity contribution in [2.45, 2.75) is 76.9 Å². The predicted octanol–water partition coefficient (Wildman–Crippen LogP) is 3.50. The molecule has 0 radical (unpaired) electrons. The minimum atomic E-state index is 0.178. The molecule has 16 heavy (non-hydrogen) atoms. The van der Waals surface area contributed by atoms with Crippen molar-refractivity contribution in [2.75, 3.05) is 13.7 Å². The molecule has 1 aliphatic rings. The molecule has 1 fully saturated rings. The highest BCUT2D eigenvalue weighted by Crippen LogP contribution is 2.34. The molecule has 1 saturated carbocycles. The normalized spacial score (nSPS) is 20.4. The second-order valence-corrected chi connectivity index (χ2v) is 5.37. The molecule has 2 heteroatoms. The molecule has 0 saturated heterocycles. The van der Waals surface area contributed by atoms with E-state index in [4.69, 9.17) is 4.74 Å². The number of hydrogen-bond donors (Lipinski definition) is 1. The smallest absolute Gasteiger partial charge is 0.0802 e. The summed E-state index contributed by atoms with van der Waals surface area (Å²) in [4.78, 5) is 0. The summed E-state index contributed by atoms with van der Waals surface area (Å²) in [6.45, 7) is 5.60. The minimum Gasteiger partial charge on any atom is -0.377 e. The highest BCUT2D eigenvalue weighted by atomic mass is 16.5. The Labute approximate surface area is 101 Å². The second-order valence-electron chi connectivity index (χ2n) is 5.37. The van der Waals surface area contributed by atoms with Crippen LogP contribution < -0.4 is 5.32 Å². The first-order valence-electron chi connectivity index (χ1n) is 7.01. The van der Waals surface area contributed by atoms with Crippen molar-refractivity contribution in [3.63, 3.8) is 0 Å². The third-order valence-corrected chi connectivity index (χ3v) is 3.96. The van der Waals surface area contributed by atoms with Crippen LogP contribution in [0.2, 0.25) is 0 Å². The van der Waals surface area contributed by atoms with Gasteiger partial charge < -0.3 is 10.1 Å². The molecule has 1 N–H and O–H groups in total. The molecule has 1 aliphatic carbocycles. The van der Waals surface area contributed by atoms with E-state index in [2.05, 4.69) is 19.2 Å². The summed E-state index contributed by atoms with van der Waals surface area (Å²) < 4.78 is 5.60. The van der Waals surface area contributed by atoms with E-state index in [0.717, 1.165) is 6.54 Å². The summed E-state index contributed by atoms with van der Waals surface area (Å²) in [5.74, 6) is 0. The molecule has 1 unspecified atom stereocenters. The number of rotatable bonds is 9. The quantitative estimate of drug-likeness (QED) is 0.609. The van der Waals surface area contributed by atoms with Crippen LogP contribution in [0.15, 0.2) is 0 Å². The molecule has 2 nitrogen and oxygen atoms in total. The Morgan fingerprint density at radius 3 is 2.50 bits per heavy atom. The Balaban J connectivity index is 2.03. The molecule has 0 amide bonds. The summed E-state index contributed by atoms with van der Waals surface area (Å²) in [5.41, 5.74) is 0.178. The van der Waals surface area contributed by atoms with Gasteiger partial charge in [0, 0.05) is 19.7 Å². The van der Waals surface area contributed by atoms with Crippen LogP contribution in [0.5, 0.6) is 0 Å². The molecule has 0 bridgehead atoms. The molecule has 0 spiro atoms. The third-order valence-electron chi connectivity index (χ3n) is 3.96. The monoisotopic (exact) mass is 227 g/mol. The lowest BCUT2D eigenvalue weighted by Crippen LogP contribution is -2.49. The number of methoxy groups -OCH3 is 1. The fraction of sp³-hybridized carbons (Fsp3) is 1.00. The van der Waals surface area contributed by atoms with Crippen LogP contribution in [-0.2, 0) is 4.74 Å². The first-order valence-corrected chi connectivity index (χ1v) is 7.01. The lowest BCUT2D eigenvalue weighted by molar-refractivity contribution is -0.0707. The second kappa shape index (κ2) is 7.29. The van der Waals surface area contributed by atoms with Crippen molar-refractivity contribution in [2.24, 2.45) is 0 Å². The Morgan fingerprint density at radius 2 is 2.00 bits per heavy atom. The van der Waals surface area contributed by atoms with E-state index in [1.54, 1.807) is 0 Å². The Hall–Kier alpha value is -0.0800. The van der Waals surface area contributed by atoms with E-state index >= 15 is 0 Å². The number of nitrogens with one attached hydrogen (secondary N) is 1. The zero-order chi connectivity index (χ0) is 11.9. The van der Waals surface area contributed by atoms with Crippen LogP contribution in [0.3, 0.4) is 0 Å². The van der Waals surface area contributed by atoms with Gasteiger partial charge in [0.2, 0.25) is 0 Å². The van der Waals surface area contributed by atoms with Crippen molar-refractivity contribution in [1.29, 1.82) is 0 Å². The van der Waals surface area contributed by atoms with Crippen LogP contribution in [-0.4, -0.2) is 25.3 Å². The molecule has 1 rings (SSSR count). The summed E-state index contributed by atoms with van der Waals surface area (Å²) in [6, 6.07) is 0.643. The van der Waals surface area contributed by atoms with Crippen LogP contribution in [0, 0.1) is 0 Å². The van der Waals surface area contributed by atoms with E-state index in [1.807, 2.05) is 7.11 Å². The van der Waals surface area contributed by atoms with Gasteiger partial charge in [-0.1, -0.05) is 32.6 Å². The van der Waals surface area contributed by atoms with Gasteiger partial charge in [0.15, 0.2) is 0 Å². The average Bonchev–Trinajstić information content (AvgIpc) is 2.24. The van der Waals surface area contributed by atoms with E-state index in [0.29, 0.717) is 6.04 Å². The van der Waals surface area contributed by atoms with E-state index < -0.39 is 0 Å². The number of ether oxygens (including phenoxy) is 1. The Bertz CT molecular complexity index is 172. The zero-order valence-corrected chi connectivity index (χ0v) is 11.3. The summed E-state index contributed by atoms with van der Waals surface area (Å²) in [6.07, 6.45) is 10.6. The van der Waals surface area contributed by atoms with Gasteiger partial charge in [-0.05, 0) is 32.6 Å². The average molecular weight is 227 g/mol. The first-order chi connectivity index (χ1) is 7.72. The van der Waals surface area contributed by atoms with Crippen molar-refractivity contribution in [3.8, 4) is 0 Å².